The average Bonchev–Trinajstić information content (AvgIpc) is 2.87. The van der Waals surface area contributed by atoms with Crippen molar-refractivity contribution in [1.82, 2.24) is 0 Å². The lowest BCUT2D eigenvalue weighted by atomic mass is 10.2. The Hall–Kier alpha value is -3.50. The molecule has 10 heteroatoms. The van der Waals surface area contributed by atoms with Crippen molar-refractivity contribution in [3.8, 4) is 5.75 Å². The number of sulfonamides is 1. The van der Waals surface area contributed by atoms with Crippen LogP contribution in [0.4, 0.5) is 17.1 Å². The Morgan fingerprint density at radius 2 is 1.74 bits per heavy atom. The van der Waals surface area contributed by atoms with Crippen LogP contribution in [-0.4, -0.2) is 46.2 Å². The Morgan fingerprint density at radius 3 is 2.46 bits per heavy atom. The Labute approximate surface area is 208 Å². The molecule has 1 aliphatic heterocycles. The first-order valence-corrected chi connectivity index (χ1v) is 13.6. The summed E-state index contributed by atoms with van der Waals surface area (Å²) in [6, 6.07) is 20.1. The van der Waals surface area contributed by atoms with Gasteiger partial charge in [0.05, 0.1) is 28.6 Å². The van der Waals surface area contributed by atoms with E-state index in [1.54, 1.807) is 67.6 Å². The van der Waals surface area contributed by atoms with Gasteiger partial charge >= 0.3 is 0 Å². The second-order valence-corrected chi connectivity index (χ2v) is 10.4. The zero-order valence-electron chi connectivity index (χ0n) is 19.3. The summed E-state index contributed by atoms with van der Waals surface area (Å²) in [5.41, 5.74) is 1.25. The highest BCUT2D eigenvalue weighted by molar-refractivity contribution is 7.98. The minimum absolute atomic E-state index is 0.0474. The number of rotatable bonds is 8. The summed E-state index contributed by atoms with van der Waals surface area (Å²) in [5, 5.41) is 2.74. The van der Waals surface area contributed by atoms with Gasteiger partial charge in [-0.15, -0.1) is 11.8 Å². The van der Waals surface area contributed by atoms with Gasteiger partial charge in [0.15, 0.2) is 0 Å². The van der Waals surface area contributed by atoms with Gasteiger partial charge < -0.3 is 10.1 Å². The number of carbonyl (C=O) groups is 2. The highest BCUT2D eigenvalue weighted by Crippen LogP contribution is 2.34. The molecule has 0 fully saturated rings. The van der Waals surface area contributed by atoms with Gasteiger partial charge in [0.1, 0.15) is 18.8 Å². The van der Waals surface area contributed by atoms with Crippen molar-refractivity contribution in [2.75, 3.05) is 40.5 Å². The van der Waals surface area contributed by atoms with E-state index in [1.807, 2.05) is 6.26 Å². The van der Waals surface area contributed by atoms with E-state index >= 15 is 0 Å². The second-order valence-electron chi connectivity index (χ2n) is 7.63. The van der Waals surface area contributed by atoms with E-state index in [9.17, 15) is 18.0 Å². The third kappa shape index (κ3) is 5.13. The van der Waals surface area contributed by atoms with Crippen molar-refractivity contribution < 1.29 is 22.7 Å². The van der Waals surface area contributed by atoms with Crippen LogP contribution < -0.4 is 19.3 Å². The first kappa shape index (κ1) is 24.6. The van der Waals surface area contributed by atoms with Crippen LogP contribution >= 0.6 is 11.8 Å². The maximum Gasteiger partial charge on any atom is 0.264 e. The molecule has 8 nitrogen and oxygen atoms in total. The number of amides is 2. The molecular formula is C25H25N3O5S2. The number of benzene rings is 3. The van der Waals surface area contributed by atoms with Gasteiger partial charge in [-0.3, -0.25) is 18.8 Å². The topological polar surface area (TPSA) is 96.0 Å². The van der Waals surface area contributed by atoms with Crippen LogP contribution in [-0.2, 0) is 19.6 Å². The van der Waals surface area contributed by atoms with E-state index in [0.717, 1.165) is 9.20 Å². The molecule has 0 saturated heterocycles. The molecule has 0 spiro atoms. The van der Waals surface area contributed by atoms with Crippen molar-refractivity contribution in [3.63, 3.8) is 0 Å². The molecule has 0 aliphatic carbocycles. The highest BCUT2D eigenvalue weighted by Gasteiger charge is 2.33. The fourth-order valence-corrected chi connectivity index (χ4v) is 5.61. The van der Waals surface area contributed by atoms with Gasteiger partial charge in [0, 0.05) is 4.90 Å². The molecule has 3 aromatic rings. The predicted molar refractivity (Wildman–Crippen MR) is 138 cm³/mol. The number of fused-ring (bicyclic) bond motifs is 1. The molecule has 0 saturated carbocycles. The first-order chi connectivity index (χ1) is 16.8. The van der Waals surface area contributed by atoms with Crippen molar-refractivity contribution >= 4 is 50.7 Å². The third-order valence-electron chi connectivity index (χ3n) is 5.43. The van der Waals surface area contributed by atoms with Gasteiger partial charge in [0.25, 0.3) is 10.0 Å². The van der Waals surface area contributed by atoms with E-state index in [2.05, 4.69) is 5.32 Å². The van der Waals surface area contributed by atoms with Crippen LogP contribution in [0.1, 0.15) is 6.92 Å². The molecule has 0 atom stereocenters. The van der Waals surface area contributed by atoms with Gasteiger partial charge in [-0.1, -0.05) is 24.3 Å². The molecule has 1 heterocycles. The molecule has 0 bridgehead atoms. The Kier molecular flexibility index (Phi) is 7.32. The molecule has 0 unspecified atom stereocenters. The van der Waals surface area contributed by atoms with Gasteiger partial charge in [-0.05, 0) is 61.7 Å². The lowest BCUT2D eigenvalue weighted by Crippen LogP contribution is -2.48. The molecular weight excluding hydrogens is 486 g/mol. The Bertz CT molecular complexity index is 1340. The number of ether oxygens (including phenoxy) is 1. The highest BCUT2D eigenvalue weighted by atomic mass is 32.2. The summed E-state index contributed by atoms with van der Waals surface area (Å²) >= 11 is 1.50. The molecule has 4 rings (SSSR count). The number of hydrogen-bond donors (Lipinski definition) is 1. The fraction of sp³-hybridized carbons (Fsp3) is 0.200. The first-order valence-electron chi connectivity index (χ1n) is 10.9. The largest absolute Gasteiger partial charge is 0.492 e. The van der Waals surface area contributed by atoms with Crippen LogP contribution in [0.3, 0.4) is 0 Å². The van der Waals surface area contributed by atoms with E-state index in [0.29, 0.717) is 23.7 Å². The molecule has 1 aliphatic rings. The van der Waals surface area contributed by atoms with Gasteiger partial charge in [-0.2, -0.15) is 0 Å². The van der Waals surface area contributed by atoms with E-state index in [-0.39, 0.29) is 23.0 Å². The van der Waals surface area contributed by atoms with Gasteiger partial charge in [-0.25, -0.2) is 8.42 Å². The lowest BCUT2D eigenvalue weighted by molar-refractivity contribution is -0.121. The number of nitrogens with zero attached hydrogens (tertiary/aromatic N) is 2. The standard InChI is InChI=1S/C25H25N3O5S2/c1-3-33-23-11-7-6-10-22(23)28(35(31,32)19-14-12-18(34-2)13-15-19)17-25(30)27-16-24(29)26-20-8-4-5-9-21(20)27/h4-15H,3,16-17H2,1-2H3,(H,26,29). The third-order valence-corrected chi connectivity index (χ3v) is 7.95. The number of carbonyl (C=O) groups excluding carboxylic acids is 2. The number of nitrogens with one attached hydrogen (secondary N) is 1. The van der Waals surface area contributed by atoms with Crippen LogP contribution in [0.5, 0.6) is 5.75 Å². The van der Waals surface area contributed by atoms with E-state index in [4.69, 9.17) is 4.74 Å². The van der Waals surface area contributed by atoms with Crippen LogP contribution in [0.15, 0.2) is 82.6 Å². The predicted octanol–water partition coefficient (Wildman–Crippen LogP) is 3.99. The fourth-order valence-electron chi connectivity index (χ4n) is 3.78. The SMILES string of the molecule is CCOc1ccccc1N(CC(=O)N1CC(=O)Nc2ccccc21)S(=O)(=O)c1ccc(SC)cc1. The van der Waals surface area contributed by atoms with E-state index < -0.39 is 22.5 Å². The molecule has 3 aromatic carbocycles. The number of thioether (sulfide) groups is 1. The Morgan fingerprint density at radius 1 is 1.06 bits per heavy atom. The molecule has 182 valence electrons. The van der Waals surface area contributed by atoms with Crippen LogP contribution in [0.25, 0.3) is 0 Å². The maximum atomic E-state index is 13.8. The summed E-state index contributed by atoms with van der Waals surface area (Å²) in [4.78, 5) is 28.1. The van der Waals surface area contributed by atoms with Crippen LogP contribution in [0.2, 0.25) is 0 Å². The summed E-state index contributed by atoms with van der Waals surface area (Å²) < 4.78 is 34.4. The normalized spacial score (nSPS) is 13.1. The van der Waals surface area contributed by atoms with Crippen molar-refractivity contribution in [3.05, 3.63) is 72.8 Å². The summed E-state index contributed by atoms with van der Waals surface area (Å²) in [7, 11) is -4.15. The number of para-hydroxylation sites is 4. The van der Waals surface area contributed by atoms with Crippen molar-refractivity contribution in [2.45, 2.75) is 16.7 Å². The Balaban J connectivity index is 1.77. The monoisotopic (exact) mass is 511 g/mol. The van der Waals surface area contributed by atoms with Gasteiger partial charge in [0.2, 0.25) is 11.8 Å². The average molecular weight is 512 g/mol. The number of anilines is 3. The molecule has 35 heavy (non-hydrogen) atoms. The number of hydrogen-bond acceptors (Lipinski definition) is 6. The van der Waals surface area contributed by atoms with E-state index in [1.165, 1.54) is 28.8 Å². The zero-order valence-corrected chi connectivity index (χ0v) is 20.9. The lowest BCUT2D eigenvalue weighted by Gasteiger charge is -2.32. The van der Waals surface area contributed by atoms with Crippen LogP contribution in [0, 0.1) is 0 Å². The van der Waals surface area contributed by atoms with Crippen molar-refractivity contribution in [1.29, 1.82) is 0 Å². The molecule has 0 radical (unpaired) electrons. The quantitative estimate of drug-likeness (QED) is 0.460. The second kappa shape index (κ2) is 10.4. The zero-order chi connectivity index (χ0) is 25.0. The van der Waals surface area contributed by atoms with Crippen molar-refractivity contribution in [2.24, 2.45) is 0 Å². The maximum absolute atomic E-state index is 13.8. The molecule has 0 aromatic heterocycles. The smallest absolute Gasteiger partial charge is 0.264 e. The minimum Gasteiger partial charge on any atom is -0.492 e. The summed E-state index contributed by atoms with van der Waals surface area (Å²) in [6.07, 6.45) is 1.90. The molecule has 1 N–H and O–H groups in total. The minimum atomic E-state index is -4.15. The summed E-state index contributed by atoms with van der Waals surface area (Å²) in [6.45, 7) is 1.39. The summed E-state index contributed by atoms with van der Waals surface area (Å²) in [5.74, 6) is -0.555. The molecule has 2 amide bonds.